The molecule has 0 radical (unpaired) electrons. The quantitative estimate of drug-likeness (QED) is 0.753. The molecule has 0 saturated heterocycles. The molecule has 0 unspecified atom stereocenters. The number of amides is 2. The largest absolute Gasteiger partial charge is 0.336 e. The number of hydrogen-bond donors (Lipinski definition) is 0. The maximum atomic E-state index is 13.2. The zero-order valence-corrected chi connectivity index (χ0v) is 18.2. The van der Waals surface area contributed by atoms with Gasteiger partial charge in [-0.25, -0.2) is 5.01 Å². The van der Waals surface area contributed by atoms with Gasteiger partial charge in [0.1, 0.15) is 6.54 Å². The van der Waals surface area contributed by atoms with Crippen LogP contribution in [0.4, 0.5) is 0 Å². The molecular weight excluding hydrogens is 374 g/mol. The van der Waals surface area contributed by atoms with E-state index in [0.29, 0.717) is 6.42 Å². The van der Waals surface area contributed by atoms with Crippen molar-refractivity contribution in [3.8, 4) is 0 Å². The fourth-order valence-electron chi connectivity index (χ4n) is 3.88. The van der Waals surface area contributed by atoms with Crippen LogP contribution >= 0.6 is 0 Å². The zero-order chi connectivity index (χ0) is 21.4. The Morgan fingerprint density at radius 3 is 2.37 bits per heavy atom. The van der Waals surface area contributed by atoms with E-state index < -0.39 is 0 Å². The third-order valence-corrected chi connectivity index (χ3v) is 6.14. The van der Waals surface area contributed by atoms with Crippen molar-refractivity contribution in [1.82, 2.24) is 9.91 Å². The van der Waals surface area contributed by atoms with E-state index in [-0.39, 0.29) is 30.3 Å². The van der Waals surface area contributed by atoms with Gasteiger partial charge in [-0.1, -0.05) is 42.0 Å². The average Bonchev–Trinajstić information content (AvgIpc) is 3.48. The van der Waals surface area contributed by atoms with Crippen molar-refractivity contribution in [3.63, 3.8) is 0 Å². The van der Waals surface area contributed by atoms with E-state index in [1.807, 2.05) is 0 Å². The normalized spacial score (nSPS) is 18.3. The minimum Gasteiger partial charge on any atom is -0.336 e. The van der Waals surface area contributed by atoms with E-state index in [9.17, 15) is 9.59 Å². The number of aryl methyl sites for hydroxylation is 3. The molecule has 0 aromatic heterocycles. The molecule has 156 valence electrons. The van der Waals surface area contributed by atoms with Crippen LogP contribution in [0.3, 0.4) is 0 Å². The molecule has 4 rings (SSSR count). The number of hydrazone groups is 1. The maximum Gasteiger partial charge on any atom is 0.262 e. The lowest BCUT2D eigenvalue weighted by atomic mass is 9.96. The third kappa shape index (κ3) is 4.16. The van der Waals surface area contributed by atoms with Gasteiger partial charge >= 0.3 is 0 Å². The van der Waals surface area contributed by atoms with Crippen molar-refractivity contribution in [2.75, 3.05) is 13.6 Å². The standard InChI is InChI=1S/C25H29N3O2/c1-16-5-8-19(9-6-16)23-14-22(21-10-7-17(2)18(3)13-21)26-28(23)24(29)15-27(4)25(30)20-11-12-20/h5-10,13,20,23H,11-12,14-15H2,1-4H3/t23-/m0/s1. The molecule has 5 heteroatoms. The number of hydrogen-bond acceptors (Lipinski definition) is 3. The molecule has 1 atom stereocenters. The van der Waals surface area contributed by atoms with Crippen LogP contribution in [0.2, 0.25) is 0 Å². The Kier molecular flexibility index (Phi) is 5.46. The minimum atomic E-state index is -0.154. The van der Waals surface area contributed by atoms with Crippen molar-refractivity contribution >= 4 is 17.5 Å². The predicted molar refractivity (Wildman–Crippen MR) is 118 cm³/mol. The van der Waals surface area contributed by atoms with Crippen molar-refractivity contribution in [2.24, 2.45) is 11.0 Å². The van der Waals surface area contributed by atoms with Gasteiger partial charge in [0.15, 0.2) is 0 Å². The van der Waals surface area contributed by atoms with E-state index in [1.54, 1.807) is 17.0 Å². The molecule has 1 aliphatic carbocycles. The molecule has 1 saturated carbocycles. The summed E-state index contributed by atoms with van der Waals surface area (Å²) in [5, 5.41) is 6.33. The van der Waals surface area contributed by atoms with Crippen molar-refractivity contribution in [3.05, 3.63) is 70.3 Å². The first-order valence-corrected chi connectivity index (χ1v) is 10.6. The van der Waals surface area contributed by atoms with Gasteiger partial charge in [0, 0.05) is 19.4 Å². The Bertz CT molecular complexity index is 1010. The first kappa shape index (κ1) is 20.3. The SMILES string of the molecule is Cc1ccc([C@@H]2CC(c3ccc(C)c(C)c3)=NN2C(=O)CN(C)C(=O)C2CC2)cc1. The van der Waals surface area contributed by atoms with Crippen LogP contribution in [0, 0.1) is 26.7 Å². The first-order valence-electron chi connectivity index (χ1n) is 10.6. The van der Waals surface area contributed by atoms with Crippen molar-refractivity contribution in [2.45, 2.75) is 46.1 Å². The van der Waals surface area contributed by atoms with E-state index in [4.69, 9.17) is 5.10 Å². The summed E-state index contributed by atoms with van der Waals surface area (Å²) < 4.78 is 0. The second-order valence-electron chi connectivity index (χ2n) is 8.68. The highest BCUT2D eigenvalue weighted by Crippen LogP contribution is 2.34. The highest BCUT2D eigenvalue weighted by molar-refractivity contribution is 6.03. The minimum absolute atomic E-state index is 0.0569. The second-order valence-corrected chi connectivity index (χ2v) is 8.68. The summed E-state index contributed by atoms with van der Waals surface area (Å²) in [7, 11) is 1.71. The van der Waals surface area contributed by atoms with Crippen LogP contribution in [-0.2, 0) is 9.59 Å². The van der Waals surface area contributed by atoms with E-state index in [2.05, 4.69) is 63.2 Å². The number of likely N-dealkylation sites (N-methyl/N-ethyl adjacent to an activating group) is 1. The summed E-state index contributed by atoms with van der Waals surface area (Å²) in [5.41, 5.74) is 6.65. The van der Waals surface area contributed by atoms with Crippen LogP contribution in [0.1, 0.15) is 53.1 Å². The van der Waals surface area contributed by atoms with Crippen LogP contribution in [-0.4, -0.2) is 41.0 Å². The number of rotatable bonds is 5. The third-order valence-electron chi connectivity index (χ3n) is 6.14. The molecule has 2 aromatic rings. The van der Waals surface area contributed by atoms with E-state index in [1.165, 1.54) is 16.7 Å². The first-order chi connectivity index (χ1) is 14.3. The van der Waals surface area contributed by atoms with Crippen molar-refractivity contribution < 1.29 is 9.59 Å². The number of nitrogens with zero attached hydrogens (tertiary/aromatic N) is 3. The average molecular weight is 404 g/mol. The Morgan fingerprint density at radius 2 is 1.73 bits per heavy atom. The zero-order valence-electron chi connectivity index (χ0n) is 18.2. The van der Waals surface area contributed by atoms with Crippen molar-refractivity contribution in [1.29, 1.82) is 0 Å². The highest BCUT2D eigenvalue weighted by Gasteiger charge is 2.36. The van der Waals surface area contributed by atoms with Gasteiger partial charge in [0.25, 0.3) is 5.91 Å². The van der Waals surface area contributed by atoms with Gasteiger partial charge in [-0.05, 0) is 61.9 Å². The smallest absolute Gasteiger partial charge is 0.262 e. The van der Waals surface area contributed by atoms with Crippen LogP contribution in [0.25, 0.3) is 0 Å². The van der Waals surface area contributed by atoms with Crippen LogP contribution < -0.4 is 0 Å². The molecule has 1 aliphatic heterocycles. The summed E-state index contributed by atoms with van der Waals surface area (Å²) in [6, 6.07) is 14.4. The van der Waals surface area contributed by atoms with Crippen LogP contribution in [0.5, 0.6) is 0 Å². The highest BCUT2D eigenvalue weighted by atomic mass is 16.2. The number of carbonyl (C=O) groups excluding carboxylic acids is 2. The summed E-state index contributed by atoms with van der Waals surface area (Å²) >= 11 is 0. The Hall–Kier alpha value is -2.95. The fraction of sp³-hybridized carbons (Fsp3) is 0.400. The lowest BCUT2D eigenvalue weighted by Gasteiger charge is -2.25. The maximum absolute atomic E-state index is 13.2. The fourth-order valence-corrected chi connectivity index (χ4v) is 3.88. The predicted octanol–water partition coefficient (Wildman–Crippen LogP) is 4.16. The summed E-state index contributed by atoms with van der Waals surface area (Å²) in [6.45, 7) is 6.29. The molecule has 0 bridgehead atoms. The van der Waals surface area contributed by atoms with Crippen LogP contribution in [0.15, 0.2) is 47.6 Å². The molecule has 2 aliphatic rings. The molecule has 1 fully saturated rings. The molecule has 0 N–H and O–H groups in total. The van der Waals surface area contributed by atoms with E-state index >= 15 is 0 Å². The summed E-state index contributed by atoms with van der Waals surface area (Å²) in [5.74, 6) is 0.0209. The summed E-state index contributed by atoms with van der Waals surface area (Å²) in [6.07, 6.45) is 2.53. The lowest BCUT2D eigenvalue weighted by Crippen LogP contribution is -2.39. The van der Waals surface area contributed by atoms with Gasteiger partial charge in [-0.3, -0.25) is 9.59 Å². The topological polar surface area (TPSA) is 53.0 Å². The molecule has 30 heavy (non-hydrogen) atoms. The number of benzene rings is 2. The van der Waals surface area contributed by atoms with Gasteiger partial charge in [-0.15, -0.1) is 0 Å². The molecule has 5 nitrogen and oxygen atoms in total. The molecule has 2 amide bonds. The van der Waals surface area contributed by atoms with Gasteiger partial charge < -0.3 is 4.90 Å². The van der Waals surface area contributed by atoms with Gasteiger partial charge in [0.2, 0.25) is 5.91 Å². The Morgan fingerprint density at radius 1 is 1.03 bits per heavy atom. The second kappa shape index (κ2) is 8.05. The molecular formula is C25H29N3O2. The number of carbonyl (C=O) groups is 2. The van der Waals surface area contributed by atoms with E-state index in [0.717, 1.165) is 29.7 Å². The van der Waals surface area contributed by atoms with Gasteiger partial charge in [-0.2, -0.15) is 5.10 Å². The Balaban J connectivity index is 1.61. The molecule has 0 spiro atoms. The monoisotopic (exact) mass is 403 g/mol. The summed E-state index contributed by atoms with van der Waals surface area (Å²) in [4.78, 5) is 27.0. The molecule has 2 aromatic carbocycles. The Labute approximate surface area is 178 Å². The lowest BCUT2D eigenvalue weighted by molar-refractivity contribution is -0.141. The molecule has 1 heterocycles. The van der Waals surface area contributed by atoms with Gasteiger partial charge in [0.05, 0.1) is 11.8 Å².